The molecule has 1 N–H and O–H groups in total. The smallest absolute Gasteiger partial charge is 0.244 e. The summed E-state index contributed by atoms with van der Waals surface area (Å²) in [5.41, 5.74) is 0.450. The van der Waals surface area contributed by atoms with E-state index in [1.54, 1.807) is 33.9 Å². The van der Waals surface area contributed by atoms with Gasteiger partial charge in [0.1, 0.15) is 22.7 Å². The van der Waals surface area contributed by atoms with Crippen molar-refractivity contribution in [3.8, 4) is 6.07 Å². The second-order valence-corrected chi connectivity index (χ2v) is 11.6. The minimum absolute atomic E-state index is 0.00797. The lowest BCUT2D eigenvalue weighted by molar-refractivity contribution is -0.136. The number of hydrogen-bond donors (Lipinski definition) is 1. The van der Waals surface area contributed by atoms with E-state index in [4.69, 9.17) is 23.2 Å². The molecule has 182 valence electrons. The molecule has 34 heavy (non-hydrogen) atoms. The average Bonchev–Trinajstić information content (AvgIpc) is 3.28. The van der Waals surface area contributed by atoms with Crippen LogP contribution in [0.2, 0.25) is 10.0 Å². The van der Waals surface area contributed by atoms with E-state index in [9.17, 15) is 18.5 Å². The van der Waals surface area contributed by atoms with Gasteiger partial charge in [0, 0.05) is 25.8 Å². The van der Waals surface area contributed by atoms with Gasteiger partial charge in [-0.2, -0.15) is 9.98 Å². The maximum atomic E-state index is 13.6. The minimum Gasteiger partial charge on any atom is -0.341 e. The number of nitrogens with zero attached hydrogens (tertiary/aromatic N) is 3. The first kappa shape index (κ1) is 25.1. The zero-order valence-corrected chi connectivity index (χ0v) is 21.1. The van der Waals surface area contributed by atoms with Gasteiger partial charge in [-0.3, -0.25) is 4.79 Å². The summed E-state index contributed by atoms with van der Waals surface area (Å²) in [6.45, 7) is 1.59. The van der Waals surface area contributed by atoms with E-state index in [0.717, 1.165) is 12.8 Å². The van der Waals surface area contributed by atoms with Crippen LogP contribution in [0, 0.1) is 23.2 Å². The molecule has 2 fully saturated rings. The van der Waals surface area contributed by atoms with Crippen molar-refractivity contribution in [2.75, 3.05) is 13.1 Å². The number of rotatable bonds is 7. The van der Waals surface area contributed by atoms with E-state index in [2.05, 4.69) is 10.8 Å². The van der Waals surface area contributed by atoms with Gasteiger partial charge in [-0.15, -0.1) is 0 Å². The summed E-state index contributed by atoms with van der Waals surface area (Å²) in [5, 5.41) is 9.29. The summed E-state index contributed by atoms with van der Waals surface area (Å²) in [5.74, 6) is 0.866. The first-order valence-corrected chi connectivity index (χ1v) is 13.8. The Morgan fingerprint density at radius 2 is 1.82 bits per heavy atom. The Kier molecular flexibility index (Phi) is 7.88. The van der Waals surface area contributed by atoms with Crippen molar-refractivity contribution in [3.63, 3.8) is 0 Å². The van der Waals surface area contributed by atoms with E-state index in [-0.39, 0.29) is 27.3 Å². The lowest BCUT2D eigenvalue weighted by Gasteiger charge is -2.42. The van der Waals surface area contributed by atoms with Gasteiger partial charge in [0.15, 0.2) is 0 Å². The van der Waals surface area contributed by atoms with Crippen molar-refractivity contribution in [3.05, 3.63) is 52.3 Å². The van der Waals surface area contributed by atoms with Gasteiger partial charge < -0.3 is 9.47 Å². The Labute approximate surface area is 210 Å². The zero-order valence-electron chi connectivity index (χ0n) is 18.8. The van der Waals surface area contributed by atoms with Crippen molar-refractivity contribution in [2.24, 2.45) is 11.8 Å². The minimum atomic E-state index is -4.17. The average molecular weight is 523 g/mol. The fraction of sp³-hybridized carbons (Fsp3) is 0.500. The molecule has 1 unspecified atom stereocenters. The van der Waals surface area contributed by atoms with Gasteiger partial charge in [0.2, 0.25) is 15.9 Å². The van der Waals surface area contributed by atoms with Crippen LogP contribution in [0.4, 0.5) is 0 Å². The number of carbonyl (C=O) groups is 1. The summed E-state index contributed by atoms with van der Waals surface area (Å²) in [4.78, 5) is 15.2. The highest BCUT2D eigenvalue weighted by Gasteiger charge is 2.37. The Morgan fingerprint density at radius 1 is 1.12 bits per heavy atom. The summed E-state index contributed by atoms with van der Waals surface area (Å²) >= 11 is 12.3. The van der Waals surface area contributed by atoms with Crippen LogP contribution in [0.15, 0.2) is 41.4 Å². The monoisotopic (exact) mass is 522 g/mol. The van der Waals surface area contributed by atoms with Crippen molar-refractivity contribution in [1.29, 1.82) is 5.26 Å². The van der Waals surface area contributed by atoms with Crippen molar-refractivity contribution in [1.82, 2.24) is 14.2 Å². The number of carbonyl (C=O) groups excluding carboxylic acids is 1. The van der Waals surface area contributed by atoms with E-state index in [1.807, 2.05) is 0 Å². The number of benzene rings is 1. The fourth-order valence-electron chi connectivity index (χ4n) is 5.22. The predicted molar refractivity (Wildman–Crippen MR) is 131 cm³/mol. The SMILES string of the molecule is N#Cc1cccn1CCC(NS(=O)(=O)c1c(Cl)cccc1Cl)C(=O)N1CC[C@H]2CCCC[C@H]2C1. The molecule has 1 aliphatic heterocycles. The summed E-state index contributed by atoms with van der Waals surface area (Å²) in [7, 11) is -4.17. The number of nitrogens with one attached hydrogen (secondary N) is 1. The zero-order chi connectivity index (χ0) is 24.3. The maximum absolute atomic E-state index is 13.6. The molecule has 3 atom stereocenters. The van der Waals surface area contributed by atoms with Crippen LogP contribution in [0.25, 0.3) is 0 Å². The van der Waals surface area contributed by atoms with Gasteiger partial charge in [-0.05, 0) is 55.4 Å². The summed E-state index contributed by atoms with van der Waals surface area (Å²) in [6.07, 6.45) is 7.61. The Morgan fingerprint density at radius 3 is 2.53 bits per heavy atom. The highest BCUT2D eigenvalue weighted by atomic mass is 35.5. The Bertz CT molecular complexity index is 1170. The van der Waals surface area contributed by atoms with Gasteiger partial charge >= 0.3 is 0 Å². The second-order valence-electron chi connectivity index (χ2n) is 9.09. The van der Waals surface area contributed by atoms with Crippen LogP contribution in [0.5, 0.6) is 0 Å². The normalized spacial score (nSPS) is 21.5. The largest absolute Gasteiger partial charge is 0.341 e. The van der Waals surface area contributed by atoms with Crippen molar-refractivity contribution < 1.29 is 13.2 Å². The van der Waals surface area contributed by atoms with Crippen LogP contribution >= 0.6 is 23.2 Å². The molecule has 0 bridgehead atoms. The predicted octanol–water partition coefficient (Wildman–Crippen LogP) is 4.44. The molecule has 1 aromatic carbocycles. The number of halogens is 2. The van der Waals surface area contributed by atoms with Gasteiger partial charge in [-0.1, -0.05) is 48.5 Å². The lowest BCUT2D eigenvalue weighted by Crippen LogP contribution is -2.53. The van der Waals surface area contributed by atoms with Gasteiger partial charge in [0.05, 0.1) is 10.0 Å². The molecule has 1 aliphatic carbocycles. The third kappa shape index (κ3) is 5.44. The van der Waals surface area contributed by atoms with Crippen molar-refractivity contribution in [2.45, 2.75) is 56.0 Å². The first-order valence-electron chi connectivity index (χ1n) is 11.6. The van der Waals surface area contributed by atoms with E-state index in [1.165, 1.54) is 31.4 Å². The number of likely N-dealkylation sites (tertiary alicyclic amines) is 1. The molecular formula is C24H28Cl2N4O3S. The number of amides is 1. The Balaban J connectivity index is 1.57. The molecule has 4 rings (SSSR count). The van der Waals surface area contributed by atoms with E-state index < -0.39 is 16.1 Å². The molecule has 0 radical (unpaired) electrons. The standard InChI is InChI=1S/C24H28Cl2N4O3S/c25-20-8-3-9-21(26)23(20)34(32,33)28-22(11-14-29-12-4-7-19(29)15-27)24(31)30-13-10-17-5-1-2-6-18(17)16-30/h3-4,7-9,12,17-18,22,28H,1-2,5-6,10-11,13-14,16H2/t17-,18+,22?/m1/s1. The first-order chi connectivity index (χ1) is 16.3. The number of hydrogen-bond acceptors (Lipinski definition) is 4. The van der Waals surface area contributed by atoms with E-state index in [0.29, 0.717) is 37.2 Å². The molecule has 0 spiro atoms. The van der Waals surface area contributed by atoms with Gasteiger partial charge in [-0.25, -0.2) is 8.42 Å². The molecule has 2 heterocycles. The van der Waals surface area contributed by atoms with Crippen molar-refractivity contribution >= 4 is 39.1 Å². The van der Waals surface area contributed by atoms with Crippen LogP contribution in [-0.2, 0) is 21.4 Å². The molecule has 1 aromatic heterocycles. The maximum Gasteiger partial charge on any atom is 0.244 e. The molecule has 1 amide bonds. The van der Waals surface area contributed by atoms with Crippen LogP contribution < -0.4 is 4.72 Å². The Hall–Kier alpha value is -2.05. The molecule has 2 aliphatic rings. The van der Waals surface area contributed by atoms with Gasteiger partial charge in [0.25, 0.3) is 0 Å². The van der Waals surface area contributed by atoms with Crippen LogP contribution in [0.1, 0.15) is 44.2 Å². The van der Waals surface area contributed by atoms with Crippen LogP contribution in [-0.4, -0.2) is 42.9 Å². The number of piperidine rings is 1. The number of nitriles is 1. The number of fused-ring (bicyclic) bond motifs is 1. The third-order valence-corrected chi connectivity index (χ3v) is 9.41. The topological polar surface area (TPSA) is 95.2 Å². The third-order valence-electron chi connectivity index (χ3n) is 6.99. The summed E-state index contributed by atoms with van der Waals surface area (Å²) in [6, 6.07) is 8.99. The molecule has 1 saturated heterocycles. The van der Waals surface area contributed by atoms with Crippen LogP contribution in [0.3, 0.4) is 0 Å². The number of aryl methyl sites for hydroxylation is 1. The van der Waals surface area contributed by atoms with E-state index >= 15 is 0 Å². The molecular weight excluding hydrogens is 495 g/mol. The highest BCUT2D eigenvalue weighted by molar-refractivity contribution is 7.89. The fourth-order valence-corrected chi connectivity index (χ4v) is 7.59. The molecule has 2 aromatic rings. The number of aromatic nitrogens is 1. The second kappa shape index (κ2) is 10.7. The number of sulfonamides is 1. The lowest BCUT2D eigenvalue weighted by atomic mass is 9.75. The molecule has 1 saturated carbocycles. The summed E-state index contributed by atoms with van der Waals surface area (Å²) < 4.78 is 30.8. The highest BCUT2D eigenvalue weighted by Crippen LogP contribution is 2.36. The quantitative estimate of drug-likeness (QED) is 0.581. The molecule has 7 nitrogen and oxygen atoms in total. The molecule has 10 heteroatoms.